The van der Waals surface area contributed by atoms with Crippen molar-refractivity contribution in [1.29, 1.82) is 0 Å². The molecule has 31 heavy (non-hydrogen) atoms. The largest absolute Gasteiger partial charge is 0.480 e. The number of nitrogens with one attached hydrogen (secondary N) is 3. The van der Waals surface area contributed by atoms with E-state index in [9.17, 15) is 29.4 Å². The van der Waals surface area contributed by atoms with Crippen LogP contribution in [0.1, 0.15) is 32.8 Å². The third kappa shape index (κ3) is 8.73. The first kappa shape index (κ1) is 26.1. The maximum absolute atomic E-state index is 12.8. The van der Waals surface area contributed by atoms with E-state index in [0.717, 1.165) is 5.56 Å². The zero-order valence-corrected chi connectivity index (χ0v) is 18.0. The van der Waals surface area contributed by atoms with Gasteiger partial charge in [-0.15, -0.1) is 0 Å². The molecule has 0 saturated heterocycles. The Labute approximate surface area is 181 Å². The van der Waals surface area contributed by atoms with Gasteiger partial charge in [0.1, 0.15) is 18.1 Å². The topological polar surface area (TPSA) is 171 Å². The molecule has 0 aliphatic heterocycles. The fraction of sp³-hybridized carbons (Fsp3) is 0.524. The number of hydrogen-bond donors (Lipinski definition) is 6. The molecule has 0 saturated carbocycles. The molecule has 10 heteroatoms. The summed E-state index contributed by atoms with van der Waals surface area (Å²) in [6, 6.07) is 5.58. The van der Waals surface area contributed by atoms with E-state index in [4.69, 9.17) is 5.73 Å². The van der Waals surface area contributed by atoms with E-state index >= 15 is 0 Å². The number of aliphatic hydroxyl groups excluding tert-OH is 1. The molecule has 0 fully saturated rings. The van der Waals surface area contributed by atoms with Crippen LogP contribution in [0.4, 0.5) is 0 Å². The number of hydrogen-bond acceptors (Lipinski definition) is 6. The van der Waals surface area contributed by atoms with Crippen LogP contribution in [0.25, 0.3) is 0 Å². The second-order valence-electron chi connectivity index (χ2n) is 7.50. The van der Waals surface area contributed by atoms with Gasteiger partial charge in [-0.25, -0.2) is 4.79 Å². The normalized spacial score (nSPS) is 15.6. The number of carboxylic acids is 1. The summed E-state index contributed by atoms with van der Waals surface area (Å²) in [6.07, 6.45) is -0.414. The lowest BCUT2D eigenvalue weighted by molar-refractivity contribution is -0.143. The molecular formula is C21H32N4O6. The van der Waals surface area contributed by atoms with Crippen molar-refractivity contribution >= 4 is 23.7 Å². The average molecular weight is 437 g/mol. The van der Waals surface area contributed by atoms with Crippen LogP contribution in [-0.4, -0.2) is 64.7 Å². The molecule has 0 aliphatic carbocycles. The molecule has 0 bridgehead atoms. The van der Waals surface area contributed by atoms with Crippen LogP contribution in [0.15, 0.2) is 30.3 Å². The fourth-order valence-electron chi connectivity index (χ4n) is 2.75. The van der Waals surface area contributed by atoms with Crippen LogP contribution in [-0.2, 0) is 25.6 Å². The molecule has 0 spiro atoms. The van der Waals surface area contributed by atoms with Crippen LogP contribution in [0.5, 0.6) is 0 Å². The van der Waals surface area contributed by atoms with Crippen molar-refractivity contribution in [3.63, 3.8) is 0 Å². The van der Waals surface area contributed by atoms with Crippen molar-refractivity contribution in [2.75, 3.05) is 6.54 Å². The molecule has 0 radical (unpaired) electrons. The Balaban J connectivity index is 2.88. The van der Waals surface area contributed by atoms with Crippen molar-refractivity contribution in [2.45, 2.75) is 57.8 Å². The first-order valence-electron chi connectivity index (χ1n) is 10.1. The quantitative estimate of drug-likeness (QED) is 0.248. The molecule has 1 aromatic carbocycles. The number of aliphatic hydroxyl groups is 1. The second-order valence-corrected chi connectivity index (χ2v) is 7.50. The molecule has 5 atom stereocenters. The summed E-state index contributed by atoms with van der Waals surface area (Å²) in [5.74, 6) is -3.48. The standard InChI is InChI=1S/C21H32N4O6/c1-4-12(2)18(21(30)31)25-19(28)15(10-14-8-6-5-7-9-14)24-16(27)11-23-20(29)17(22)13(3)26/h5-9,12-13,15,17-18,26H,4,10-11,22H2,1-3H3,(H,23,29)(H,24,27)(H,25,28)(H,30,31). The molecule has 0 aromatic heterocycles. The van der Waals surface area contributed by atoms with Crippen molar-refractivity contribution in [1.82, 2.24) is 16.0 Å². The lowest BCUT2D eigenvalue weighted by atomic mass is 9.98. The lowest BCUT2D eigenvalue weighted by Crippen LogP contribution is -2.56. The van der Waals surface area contributed by atoms with Crippen LogP contribution in [0.2, 0.25) is 0 Å². The molecule has 5 unspecified atom stereocenters. The molecule has 172 valence electrons. The van der Waals surface area contributed by atoms with E-state index < -0.39 is 54.5 Å². The number of carbonyl (C=O) groups is 4. The van der Waals surface area contributed by atoms with Gasteiger partial charge in [0, 0.05) is 6.42 Å². The first-order valence-corrected chi connectivity index (χ1v) is 10.1. The van der Waals surface area contributed by atoms with Gasteiger partial charge in [-0.2, -0.15) is 0 Å². The summed E-state index contributed by atoms with van der Waals surface area (Å²) in [7, 11) is 0. The van der Waals surface area contributed by atoms with Crippen LogP contribution < -0.4 is 21.7 Å². The van der Waals surface area contributed by atoms with E-state index in [1.807, 2.05) is 13.0 Å². The van der Waals surface area contributed by atoms with Crippen LogP contribution in [0, 0.1) is 5.92 Å². The maximum atomic E-state index is 12.8. The van der Waals surface area contributed by atoms with Gasteiger partial charge in [-0.1, -0.05) is 50.6 Å². The Morgan fingerprint density at radius 1 is 1.03 bits per heavy atom. The van der Waals surface area contributed by atoms with Crippen molar-refractivity contribution in [3.05, 3.63) is 35.9 Å². The Bertz CT molecular complexity index is 755. The van der Waals surface area contributed by atoms with Crippen LogP contribution >= 0.6 is 0 Å². The molecular weight excluding hydrogens is 404 g/mol. The van der Waals surface area contributed by atoms with Gasteiger partial charge in [0.15, 0.2) is 0 Å². The van der Waals surface area contributed by atoms with E-state index in [1.165, 1.54) is 6.92 Å². The predicted octanol–water partition coefficient (Wildman–Crippen LogP) is -0.846. The van der Waals surface area contributed by atoms with Gasteiger partial charge in [0.05, 0.1) is 12.6 Å². The highest BCUT2D eigenvalue weighted by Gasteiger charge is 2.30. The lowest BCUT2D eigenvalue weighted by Gasteiger charge is -2.24. The number of benzene rings is 1. The SMILES string of the molecule is CCC(C)C(NC(=O)C(Cc1ccccc1)NC(=O)CNC(=O)C(N)C(C)O)C(=O)O. The van der Waals surface area contributed by atoms with Crippen LogP contribution in [0.3, 0.4) is 0 Å². The highest BCUT2D eigenvalue weighted by molar-refractivity contribution is 5.92. The third-order valence-corrected chi connectivity index (χ3v) is 4.96. The molecule has 7 N–H and O–H groups in total. The van der Waals surface area contributed by atoms with Crippen molar-refractivity contribution in [2.24, 2.45) is 11.7 Å². The molecule has 0 heterocycles. The molecule has 1 aromatic rings. The van der Waals surface area contributed by atoms with Gasteiger partial charge in [0.25, 0.3) is 0 Å². The van der Waals surface area contributed by atoms with Crippen molar-refractivity contribution < 1.29 is 29.4 Å². The summed E-state index contributed by atoms with van der Waals surface area (Å²) in [4.78, 5) is 48.5. The summed E-state index contributed by atoms with van der Waals surface area (Å²) in [5.41, 5.74) is 6.27. The summed E-state index contributed by atoms with van der Waals surface area (Å²) >= 11 is 0. The summed E-state index contributed by atoms with van der Waals surface area (Å²) in [6.45, 7) is 4.42. The highest BCUT2D eigenvalue weighted by atomic mass is 16.4. The number of carbonyl (C=O) groups excluding carboxylic acids is 3. The molecule has 10 nitrogen and oxygen atoms in total. The second kappa shape index (κ2) is 12.7. The van der Waals surface area contributed by atoms with Crippen molar-refractivity contribution in [3.8, 4) is 0 Å². The summed E-state index contributed by atoms with van der Waals surface area (Å²) < 4.78 is 0. The Morgan fingerprint density at radius 2 is 1.65 bits per heavy atom. The Kier molecular flexibility index (Phi) is 10.6. The first-order chi connectivity index (χ1) is 14.6. The number of carboxylic acid groups (broad SMARTS) is 1. The minimum absolute atomic E-state index is 0.131. The minimum atomic E-state index is -1.19. The fourth-order valence-corrected chi connectivity index (χ4v) is 2.75. The number of rotatable bonds is 12. The predicted molar refractivity (Wildman–Crippen MR) is 114 cm³/mol. The van der Waals surface area contributed by atoms with Gasteiger partial charge in [-0.3, -0.25) is 14.4 Å². The maximum Gasteiger partial charge on any atom is 0.326 e. The number of amides is 3. The summed E-state index contributed by atoms with van der Waals surface area (Å²) in [5, 5.41) is 26.1. The highest BCUT2D eigenvalue weighted by Crippen LogP contribution is 2.10. The Hall–Kier alpha value is -2.98. The zero-order valence-electron chi connectivity index (χ0n) is 18.0. The van der Waals surface area contributed by atoms with E-state index in [-0.39, 0.29) is 12.3 Å². The monoisotopic (exact) mass is 436 g/mol. The Morgan fingerprint density at radius 3 is 2.16 bits per heavy atom. The van der Waals surface area contributed by atoms with Gasteiger partial charge < -0.3 is 31.9 Å². The van der Waals surface area contributed by atoms with Gasteiger partial charge in [-0.05, 0) is 18.4 Å². The third-order valence-electron chi connectivity index (χ3n) is 4.96. The number of aliphatic carboxylic acids is 1. The molecule has 0 aliphatic rings. The molecule has 1 rings (SSSR count). The van der Waals surface area contributed by atoms with Gasteiger partial charge in [0.2, 0.25) is 17.7 Å². The number of nitrogens with two attached hydrogens (primary N) is 1. The van der Waals surface area contributed by atoms with E-state index in [0.29, 0.717) is 6.42 Å². The minimum Gasteiger partial charge on any atom is -0.480 e. The molecule has 3 amide bonds. The smallest absolute Gasteiger partial charge is 0.326 e. The van der Waals surface area contributed by atoms with Gasteiger partial charge >= 0.3 is 5.97 Å². The average Bonchev–Trinajstić information content (AvgIpc) is 2.74. The van der Waals surface area contributed by atoms with E-state index in [2.05, 4.69) is 16.0 Å². The van der Waals surface area contributed by atoms with E-state index in [1.54, 1.807) is 31.2 Å². The zero-order chi connectivity index (χ0) is 23.6.